The van der Waals surface area contributed by atoms with E-state index in [0.29, 0.717) is 0 Å². The van der Waals surface area contributed by atoms with Gasteiger partial charge in [0.25, 0.3) is 0 Å². The number of rotatable bonds is 3. The van der Waals surface area contributed by atoms with Gasteiger partial charge in [0.2, 0.25) is 0 Å². The standard InChI is InChI=1S/C15H16BrClO2/c1-8-5-6-19-15(8)13(17)12-10(3)11(16)7-9(2)14(12)18-4/h5-7,13H,1-4H3. The van der Waals surface area contributed by atoms with Crippen molar-refractivity contribution in [1.82, 2.24) is 0 Å². The molecule has 0 aliphatic carbocycles. The number of halogens is 2. The Hall–Kier alpha value is -0.930. The quantitative estimate of drug-likeness (QED) is 0.705. The number of benzene rings is 1. The number of alkyl halides is 1. The van der Waals surface area contributed by atoms with Gasteiger partial charge in [-0.1, -0.05) is 15.9 Å². The maximum atomic E-state index is 6.62. The second kappa shape index (κ2) is 5.59. The van der Waals surface area contributed by atoms with E-state index in [4.69, 9.17) is 20.8 Å². The number of hydrogen-bond acceptors (Lipinski definition) is 2. The molecular formula is C15H16BrClO2. The number of aryl methyl sites for hydroxylation is 2. The Labute approximate surface area is 126 Å². The Morgan fingerprint density at radius 1 is 1.26 bits per heavy atom. The van der Waals surface area contributed by atoms with Gasteiger partial charge in [-0.25, -0.2) is 0 Å². The van der Waals surface area contributed by atoms with E-state index >= 15 is 0 Å². The smallest absolute Gasteiger partial charge is 0.129 e. The zero-order valence-corrected chi connectivity index (χ0v) is 13.7. The zero-order valence-electron chi connectivity index (χ0n) is 11.4. The summed E-state index contributed by atoms with van der Waals surface area (Å²) in [6.45, 7) is 6.01. The van der Waals surface area contributed by atoms with Gasteiger partial charge in [-0.15, -0.1) is 11.6 Å². The summed E-state index contributed by atoms with van der Waals surface area (Å²) in [5.74, 6) is 1.58. The van der Waals surface area contributed by atoms with Crippen molar-refractivity contribution in [2.45, 2.75) is 26.1 Å². The summed E-state index contributed by atoms with van der Waals surface area (Å²) >= 11 is 10.2. The minimum Gasteiger partial charge on any atom is -0.496 e. The molecule has 0 saturated carbocycles. The van der Waals surface area contributed by atoms with E-state index in [9.17, 15) is 0 Å². The molecule has 0 amide bonds. The van der Waals surface area contributed by atoms with Gasteiger partial charge < -0.3 is 9.15 Å². The van der Waals surface area contributed by atoms with Gasteiger partial charge >= 0.3 is 0 Å². The van der Waals surface area contributed by atoms with Crippen LogP contribution in [0.4, 0.5) is 0 Å². The number of methoxy groups -OCH3 is 1. The first-order valence-electron chi connectivity index (χ1n) is 5.99. The Morgan fingerprint density at radius 2 is 1.95 bits per heavy atom. The molecule has 19 heavy (non-hydrogen) atoms. The van der Waals surface area contributed by atoms with Crippen LogP contribution in [0, 0.1) is 20.8 Å². The molecule has 0 aliphatic rings. The van der Waals surface area contributed by atoms with Crippen molar-refractivity contribution in [2.24, 2.45) is 0 Å². The Bertz CT molecular complexity index is 604. The maximum absolute atomic E-state index is 6.62. The lowest BCUT2D eigenvalue weighted by Gasteiger charge is -2.19. The fourth-order valence-electron chi connectivity index (χ4n) is 2.23. The van der Waals surface area contributed by atoms with Crippen LogP contribution in [0.15, 0.2) is 27.3 Å². The molecule has 1 atom stereocenters. The summed E-state index contributed by atoms with van der Waals surface area (Å²) in [7, 11) is 1.66. The van der Waals surface area contributed by atoms with Gasteiger partial charge in [0.15, 0.2) is 0 Å². The Kier molecular flexibility index (Phi) is 4.26. The molecule has 0 radical (unpaired) electrons. The van der Waals surface area contributed by atoms with Crippen molar-refractivity contribution >= 4 is 27.5 Å². The minimum absolute atomic E-state index is 0.360. The van der Waals surface area contributed by atoms with Gasteiger partial charge in [-0.05, 0) is 49.6 Å². The molecule has 1 aromatic carbocycles. The summed E-state index contributed by atoms with van der Waals surface area (Å²) in [4.78, 5) is 0. The molecule has 2 rings (SSSR count). The van der Waals surface area contributed by atoms with Crippen LogP contribution in [0.25, 0.3) is 0 Å². The molecule has 0 fully saturated rings. The maximum Gasteiger partial charge on any atom is 0.129 e. The predicted molar refractivity (Wildman–Crippen MR) is 81.3 cm³/mol. The van der Waals surface area contributed by atoms with Gasteiger partial charge in [0.1, 0.15) is 16.9 Å². The van der Waals surface area contributed by atoms with Crippen molar-refractivity contribution in [3.05, 3.63) is 50.9 Å². The molecule has 0 N–H and O–H groups in total. The van der Waals surface area contributed by atoms with Crippen molar-refractivity contribution in [1.29, 1.82) is 0 Å². The molecule has 2 aromatic rings. The molecular weight excluding hydrogens is 328 g/mol. The van der Waals surface area contributed by atoms with Gasteiger partial charge in [-0.3, -0.25) is 0 Å². The lowest BCUT2D eigenvalue weighted by molar-refractivity contribution is 0.404. The van der Waals surface area contributed by atoms with Crippen LogP contribution in [0.2, 0.25) is 0 Å². The molecule has 4 heteroatoms. The van der Waals surface area contributed by atoms with Crippen LogP contribution >= 0.6 is 27.5 Å². The molecule has 0 spiro atoms. The van der Waals surface area contributed by atoms with E-state index in [-0.39, 0.29) is 5.38 Å². The number of furan rings is 1. The first-order chi connectivity index (χ1) is 8.97. The third-order valence-electron chi connectivity index (χ3n) is 3.30. The summed E-state index contributed by atoms with van der Waals surface area (Å²) in [6.07, 6.45) is 1.66. The summed E-state index contributed by atoms with van der Waals surface area (Å²) in [6, 6.07) is 3.95. The SMILES string of the molecule is COc1c(C)cc(Br)c(C)c1C(Cl)c1occc1C. The predicted octanol–water partition coefficient (Wildman–Crippen LogP) is 5.30. The number of ether oxygens (including phenoxy) is 1. The molecule has 2 nitrogen and oxygen atoms in total. The monoisotopic (exact) mass is 342 g/mol. The fraction of sp³-hybridized carbons (Fsp3) is 0.333. The molecule has 0 aliphatic heterocycles. The van der Waals surface area contributed by atoms with Crippen LogP contribution in [0.3, 0.4) is 0 Å². The third kappa shape index (κ3) is 2.54. The van der Waals surface area contributed by atoms with Crippen LogP contribution < -0.4 is 4.74 Å². The highest BCUT2D eigenvalue weighted by molar-refractivity contribution is 9.10. The van der Waals surface area contributed by atoms with Gasteiger partial charge in [0, 0.05) is 10.0 Å². The summed E-state index contributed by atoms with van der Waals surface area (Å²) in [5.41, 5.74) is 4.11. The van der Waals surface area contributed by atoms with E-state index in [2.05, 4.69) is 15.9 Å². The summed E-state index contributed by atoms with van der Waals surface area (Å²) in [5, 5.41) is -0.360. The van der Waals surface area contributed by atoms with Crippen molar-refractivity contribution in [3.8, 4) is 5.75 Å². The molecule has 1 unspecified atom stereocenters. The average Bonchev–Trinajstić information content (AvgIpc) is 2.79. The van der Waals surface area contributed by atoms with E-state index in [1.54, 1.807) is 13.4 Å². The first kappa shape index (κ1) is 14.5. The minimum atomic E-state index is -0.360. The van der Waals surface area contributed by atoms with Crippen LogP contribution in [0.1, 0.15) is 33.4 Å². The van der Waals surface area contributed by atoms with Crippen LogP contribution in [-0.2, 0) is 0 Å². The highest BCUT2D eigenvalue weighted by Crippen LogP contribution is 2.42. The van der Waals surface area contributed by atoms with E-state index in [0.717, 1.165) is 38.2 Å². The average molecular weight is 344 g/mol. The zero-order chi connectivity index (χ0) is 14.2. The molecule has 0 saturated heterocycles. The van der Waals surface area contributed by atoms with E-state index in [1.165, 1.54) is 0 Å². The third-order valence-corrected chi connectivity index (χ3v) is 4.54. The number of hydrogen-bond donors (Lipinski definition) is 0. The largest absolute Gasteiger partial charge is 0.496 e. The fourth-order valence-corrected chi connectivity index (χ4v) is 3.27. The van der Waals surface area contributed by atoms with E-state index < -0.39 is 0 Å². The lowest BCUT2D eigenvalue weighted by atomic mass is 9.98. The topological polar surface area (TPSA) is 22.4 Å². The Morgan fingerprint density at radius 3 is 2.47 bits per heavy atom. The molecule has 1 aromatic heterocycles. The highest BCUT2D eigenvalue weighted by atomic mass is 79.9. The lowest BCUT2D eigenvalue weighted by Crippen LogP contribution is -2.03. The van der Waals surface area contributed by atoms with Gasteiger partial charge in [-0.2, -0.15) is 0 Å². The molecule has 1 heterocycles. The van der Waals surface area contributed by atoms with Gasteiger partial charge in [0.05, 0.1) is 13.4 Å². The summed E-state index contributed by atoms with van der Waals surface area (Å²) < 4.78 is 12.1. The van der Waals surface area contributed by atoms with Crippen LogP contribution in [0.5, 0.6) is 5.75 Å². The first-order valence-corrected chi connectivity index (χ1v) is 7.22. The van der Waals surface area contributed by atoms with Crippen molar-refractivity contribution < 1.29 is 9.15 Å². The second-order valence-corrected chi connectivity index (χ2v) is 5.87. The normalized spacial score (nSPS) is 12.5. The molecule has 0 bridgehead atoms. The van der Waals surface area contributed by atoms with Crippen LogP contribution in [-0.4, -0.2) is 7.11 Å². The second-order valence-electron chi connectivity index (χ2n) is 4.58. The molecule has 102 valence electrons. The van der Waals surface area contributed by atoms with Crippen molar-refractivity contribution in [2.75, 3.05) is 7.11 Å². The van der Waals surface area contributed by atoms with E-state index in [1.807, 2.05) is 32.9 Å². The highest BCUT2D eigenvalue weighted by Gasteiger charge is 2.24. The Balaban J connectivity index is 2.64. The van der Waals surface area contributed by atoms with Crippen molar-refractivity contribution in [3.63, 3.8) is 0 Å².